The lowest BCUT2D eigenvalue weighted by atomic mass is 9.98. The molecule has 3 rings (SSSR count). The smallest absolute Gasteiger partial charge is 0.195 e. The third kappa shape index (κ3) is 2.15. The summed E-state index contributed by atoms with van der Waals surface area (Å²) in [6.07, 6.45) is 0. The Morgan fingerprint density at radius 3 is 2.35 bits per heavy atom. The Morgan fingerprint density at radius 1 is 0.900 bits per heavy atom. The summed E-state index contributed by atoms with van der Waals surface area (Å²) < 4.78 is 0. The van der Waals surface area contributed by atoms with Crippen LogP contribution in [0.4, 0.5) is 5.69 Å². The van der Waals surface area contributed by atoms with Crippen LogP contribution in [0, 0.1) is 0 Å². The molecule has 0 fully saturated rings. The fraction of sp³-hybridized carbons (Fsp3) is 0. The maximum Gasteiger partial charge on any atom is 0.195 e. The van der Waals surface area contributed by atoms with Crippen LogP contribution >= 0.6 is 11.6 Å². The van der Waals surface area contributed by atoms with Gasteiger partial charge in [-0.2, -0.15) is 0 Å². The standard InChI is InChI=1S/C17H12ClNO/c18-13-8-5-12(6-9-13)17(20)15-10-7-11-3-1-2-4-14(11)16(15)19/h1-10H,19H2. The lowest BCUT2D eigenvalue weighted by Crippen LogP contribution is -2.05. The summed E-state index contributed by atoms with van der Waals surface area (Å²) in [5, 5.41) is 2.53. The van der Waals surface area contributed by atoms with Crippen LogP contribution in [0.15, 0.2) is 60.7 Å². The maximum atomic E-state index is 12.5. The summed E-state index contributed by atoms with van der Waals surface area (Å²) in [7, 11) is 0. The molecule has 0 unspecified atom stereocenters. The van der Waals surface area contributed by atoms with E-state index in [9.17, 15) is 4.79 Å². The number of carbonyl (C=O) groups is 1. The molecule has 0 saturated carbocycles. The zero-order chi connectivity index (χ0) is 14.1. The van der Waals surface area contributed by atoms with Gasteiger partial charge in [0.1, 0.15) is 0 Å². The normalized spacial score (nSPS) is 10.7. The molecule has 98 valence electrons. The second-order valence-electron chi connectivity index (χ2n) is 4.58. The lowest BCUT2D eigenvalue weighted by Gasteiger charge is -2.08. The monoisotopic (exact) mass is 281 g/mol. The van der Waals surface area contributed by atoms with Crippen molar-refractivity contribution in [2.45, 2.75) is 0 Å². The van der Waals surface area contributed by atoms with Crippen LogP contribution in [0.1, 0.15) is 15.9 Å². The van der Waals surface area contributed by atoms with Crippen molar-refractivity contribution in [2.75, 3.05) is 5.73 Å². The van der Waals surface area contributed by atoms with E-state index in [1.54, 1.807) is 30.3 Å². The number of nitrogens with two attached hydrogens (primary N) is 1. The fourth-order valence-corrected chi connectivity index (χ4v) is 2.38. The number of hydrogen-bond acceptors (Lipinski definition) is 2. The Balaban J connectivity index is 2.12. The molecule has 0 amide bonds. The summed E-state index contributed by atoms with van der Waals surface area (Å²) >= 11 is 5.84. The molecule has 0 saturated heterocycles. The molecule has 0 spiro atoms. The van der Waals surface area contributed by atoms with Gasteiger partial charge in [-0.25, -0.2) is 0 Å². The highest BCUT2D eigenvalue weighted by atomic mass is 35.5. The van der Waals surface area contributed by atoms with Crippen molar-refractivity contribution < 1.29 is 4.79 Å². The summed E-state index contributed by atoms with van der Waals surface area (Å²) in [4.78, 5) is 12.5. The molecule has 0 bridgehead atoms. The van der Waals surface area contributed by atoms with Crippen LogP contribution < -0.4 is 5.73 Å². The predicted molar refractivity (Wildman–Crippen MR) is 83.2 cm³/mol. The molecule has 0 aliphatic rings. The predicted octanol–water partition coefficient (Wildman–Crippen LogP) is 4.31. The number of halogens is 1. The molecule has 3 aromatic carbocycles. The number of anilines is 1. The van der Waals surface area contributed by atoms with E-state index in [0.717, 1.165) is 10.8 Å². The summed E-state index contributed by atoms with van der Waals surface area (Å²) in [6, 6.07) is 18.3. The third-order valence-electron chi connectivity index (χ3n) is 3.32. The maximum absolute atomic E-state index is 12.5. The van der Waals surface area contributed by atoms with Gasteiger partial charge in [-0.15, -0.1) is 0 Å². The highest BCUT2D eigenvalue weighted by Gasteiger charge is 2.14. The Kier molecular flexibility index (Phi) is 3.17. The third-order valence-corrected chi connectivity index (χ3v) is 3.57. The van der Waals surface area contributed by atoms with Crippen molar-refractivity contribution in [3.8, 4) is 0 Å². The van der Waals surface area contributed by atoms with E-state index in [2.05, 4.69) is 0 Å². The first kappa shape index (κ1) is 12.7. The van der Waals surface area contributed by atoms with Gasteiger partial charge in [0.15, 0.2) is 5.78 Å². The van der Waals surface area contributed by atoms with Crippen LogP contribution in [-0.2, 0) is 0 Å². The number of rotatable bonds is 2. The Bertz CT molecular complexity index is 794. The number of ketones is 1. The highest BCUT2D eigenvalue weighted by Crippen LogP contribution is 2.26. The molecule has 3 heteroatoms. The first-order valence-corrected chi connectivity index (χ1v) is 6.62. The average Bonchev–Trinajstić information content (AvgIpc) is 2.48. The van der Waals surface area contributed by atoms with Crippen molar-refractivity contribution in [1.82, 2.24) is 0 Å². The number of fused-ring (bicyclic) bond motifs is 1. The van der Waals surface area contributed by atoms with Crippen molar-refractivity contribution in [3.05, 3.63) is 76.8 Å². The Labute approximate surface area is 121 Å². The fourth-order valence-electron chi connectivity index (χ4n) is 2.25. The Hall–Kier alpha value is -2.32. The SMILES string of the molecule is Nc1c(C(=O)c2ccc(Cl)cc2)ccc2ccccc12. The Morgan fingerprint density at radius 2 is 1.60 bits per heavy atom. The minimum atomic E-state index is -0.0927. The molecule has 0 atom stereocenters. The molecule has 20 heavy (non-hydrogen) atoms. The molecule has 2 nitrogen and oxygen atoms in total. The van der Waals surface area contributed by atoms with Crippen LogP contribution in [0.25, 0.3) is 10.8 Å². The van der Waals surface area contributed by atoms with Gasteiger partial charge in [0.2, 0.25) is 0 Å². The summed E-state index contributed by atoms with van der Waals surface area (Å²) in [6.45, 7) is 0. The molecule has 0 aromatic heterocycles. The van der Waals surface area contributed by atoms with Gasteiger partial charge in [-0.3, -0.25) is 4.79 Å². The second kappa shape index (κ2) is 4.99. The highest BCUT2D eigenvalue weighted by molar-refractivity contribution is 6.30. The van der Waals surface area contributed by atoms with E-state index in [4.69, 9.17) is 17.3 Å². The van der Waals surface area contributed by atoms with E-state index in [0.29, 0.717) is 21.8 Å². The van der Waals surface area contributed by atoms with Gasteiger partial charge >= 0.3 is 0 Å². The van der Waals surface area contributed by atoms with Gasteiger partial charge in [-0.05, 0) is 35.7 Å². The minimum Gasteiger partial charge on any atom is -0.398 e. The van der Waals surface area contributed by atoms with E-state index in [-0.39, 0.29) is 5.78 Å². The van der Waals surface area contributed by atoms with Crippen LogP contribution in [0.5, 0.6) is 0 Å². The minimum absolute atomic E-state index is 0.0927. The lowest BCUT2D eigenvalue weighted by molar-refractivity contribution is 0.103. The zero-order valence-electron chi connectivity index (χ0n) is 10.6. The van der Waals surface area contributed by atoms with Gasteiger partial charge in [0.05, 0.1) is 5.69 Å². The number of nitrogen functional groups attached to an aromatic ring is 1. The zero-order valence-corrected chi connectivity index (χ0v) is 11.4. The molecule has 2 N–H and O–H groups in total. The van der Waals surface area contributed by atoms with Crippen molar-refractivity contribution in [1.29, 1.82) is 0 Å². The number of benzene rings is 3. The number of carbonyl (C=O) groups excluding carboxylic acids is 1. The molecule has 0 radical (unpaired) electrons. The molecule has 0 heterocycles. The molecule has 0 aliphatic heterocycles. The van der Waals surface area contributed by atoms with Gasteiger partial charge < -0.3 is 5.73 Å². The van der Waals surface area contributed by atoms with E-state index < -0.39 is 0 Å². The largest absolute Gasteiger partial charge is 0.398 e. The van der Waals surface area contributed by atoms with Crippen molar-refractivity contribution >= 4 is 33.8 Å². The van der Waals surface area contributed by atoms with Crippen molar-refractivity contribution in [2.24, 2.45) is 0 Å². The summed E-state index contributed by atoms with van der Waals surface area (Å²) in [5.41, 5.74) is 7.76. The molecule has 0 aliphatic carbocycles. The molecular formula is C17H12ClNO. The van der Waals surface area contributed by atoms with E-state index >= 15 is 0 Å². The van der Waals surface area contributed by atoms with E-state index in [1.807, 2.05) is 30.3 Å². The average molecular weight is 282 g/mol. The second-order valence-corrected chi connectivity index (χ2v) is 5.02. The molecular weight excluding hydrogens is 270 g/mol. The number of hydrogen-bond donors (Lipinski definition) is 1. The first-order chi connectivity index (χ1) is 9.66. The summed E-state index contributed by atoms with van der Waals surface area (Å²) in [5.74, 6) is -0.0927. The topological polar surface area (TPSA) is 43.1 Å². The van der Waals surface area contributed by atoms with Crippen LogP contribution in [-0.4, -0.2) is 5.78 Å². The van der Waals surface area contributed by atoms with E-state index in [1.165, 1.54) is 0 Å². The van der Waals surface area contributed by atoms with Gasteiger partial charge in [0.25, 0.3) is 0 Å². The van der Waals surface area contributed by atoms with Gasteiger partial charge in [0, 0.05) is 21.5 Å². The quantitative estimate of drug-likeness (QED) is 0.562. The van der Waals surface area contributed by atoms with Crippen LogP contribution in [0.2, 0.25) is 5.02 Å². The molecule has 3 aromatic rings. The first-order valence-electron chi connectivity index (χ1n) is 6.24. The van der Waals surface area contributed by atoms with Crippen molar-refractivity contribution in [3.63, 3.8) is 0 Å². The van der Waals surface area contributed by atoms with Crippen LogP contribution in [0.3, 0.4) is 0 Å². The van der Waals surface area contributed by atoms with Gasteiger partial charge in [-0.1, -0.05) is 41.9 Å².